The molecule has 0 aliphatic heterocycles. The normalized spacial score (nSPS) is 4.50. The van der Waals surface area contributed by atoms with Crippen molar-refractivity contribution in [1.29, 1.82) is 0 Å². The summed E-state index contributed by atoms with van der Waals surface area (Å²) in [6, 6.07) is 0. The van der Waals surface area contributed by atoms with Gasteiger partial charge in [0.1, 0.15) is 0 Å². The highest BCUT2D eigenvalue weighted by Crippen LogP contribution is 1.52. The maximum Gasteiger partial charge on any atom is 0.0766 e. The van der Waals surface area contributed by atoms with Gasteiger partial charge in [-0.15, -0.1) is 0 Å². The van der Waals surface area contributed by atoms with Crippen molar-refractivity contribution in [3.05, 3.63) is 12.8 Å². The first-order chi connectivity index (χ1) is 2.91. The highest BCUT2D eigenvalue weighted by atomic mass is 17.0. The zero-order valence-corrected chi connectivity index (χ0v) is 3.59. The summed E-state index contributed by atoms with van der Waals surface area (Å²) in [5, 5.41) is 12.0. The van der Waals surface area contributed by atoms with Gasteiger partial charge in [-0.05, 0) is 0 Å². The van der Waals surface area contributed by atoms with Gasteiger partial charge < -0.3 is 4.74 Å². The molecule has 0 fully saturated rings. The molecule has 0 aromatic carbocycles. The monoisotopic (exact) mass is 92.0 g/mol. The molecule has 0 unspecified atom stereocenters. The Bertz CT molecular complexity index is 20.0. The van der Waals surface area contributed by atoms with Gasteiger partial charge in [0, 0.05) is 0 Å². The Morgan fingerprint density at radius 3 is 1.83 bits per heavy atom. The molecule has 0 aromatic rings. The lowest BCUT2D eigenvalue weighted by molar-refractivity contribution is -0.176. The molecule has 0 atom stereocenters. The number of methoxy groups -OCH3 is 1. The summed E-state index contributed by atoms with van der Waals surface area (Å²) in [6.07, 6.45) is 1.38. The average Bonchev–Trinajstić information content (AvgIpc) is 1.72. The van der Waals surface area contributed by atoms with E-state index in [1.807, 2.05) is 0 Å². The van der Waals surface area contributed by atoms with Crippen LogP contribution in [0, 0.1) is 0 Å². The van der Waals surface area contributed by atoms with Gasteiger partial charge in [-0.1, -0.05) is 6.58 Å². The Hall–Kier alpha value is -0.540. The van der Waals surface area contributed by atoms with Crippen molar-refractivity contribution >= 4 is 0 Å². The van der Waals surface area contributed by atoms with Gasteiger partial charge in [0.2, 0.25) is 0 Å². The molecule has 0 saturated carbocycles. The van der Waals surface area contributed by atoms with Crippen molar-refractivity contribution < 1.29 is 15.3 Å². The summed E-state index contributed by atoms with van der Waals surface area (Å²) in [5.41, 5.74) is 0. The van der Waals surface area contributed by atoms with E-state index in [-0.39, 0.29) is 0 Å². The third-order valence-electron chi connectivity index (χ3n) is 0.167. The summed E-state index contributed by atoms with van der Waals surface area (Å²) in [6.45, 7) is 3.26. The van der Waals surface area contributed by atoms with Crippen LogP contribution < -0.4 is 0 Å². The lowest BCUT2D eigenvalue weighted by Crippen LogP contribution is -1.54. The van der Waals surface area contributed by atoms with Crippen molar-refractivity contribution in [2.75, 3.05) is 7.11 Å². The quantitative estimate of drug-likeness (QED) is 0.285. The molecule has 0 saturated heterocycles. The van der Waals surface area contributed by atoms with Gasteiger partial charge in [0.05, 0.1) is 13.4 Å². The van der Waals surface area contributed by atoms with E-state index in [1.54, 1.807) is 7.11 Å². The molecule has 0 aliphatic rings. The predicted molar refractivity (Wildman–Crippen MR) is 22.5 cm³/mol. The van der Waals surface area contributed by atoms with E-state index in [9.17, 15) is 0 Å². The fourth-order valence-electron chi connectivity index (χ4n) is 0. The highest BCUT2D eigenvalue weighted by molar-refractivity contribution is 4.43. The van der Waals surface area contributed by atoms with Crippen LogP contribution >= 0.6 is 0 Å². The van der Waals surface area contributed by atoms with Crippen LogP contribution in [0.1, 0.15) is 0 Å². The van der Waals surface area contributed by atoms with E-state index in [2.05, 4.69) is 11.3 Å². The molecule has 0 rings (SSSR count). The molecular formula is C3H8O3. The fourth-order valence-corrected chi connectivity index (χ4v) is 0. The number of hydrogen-bond acceptors (Lipinski definition) is 3. The lowest BCUT2D eigenvalue weighted by Gasteiger charge is -1.73. The third kappa shape index (κ3) is 99.0. The first kappa shape index (κ1) is 9.07. The van der Waals surface area contributed by atoms with Crippen LogP contribution in [0.15, 0.2) is 12.8 Å². The molecule has 0 aromatic heterocycles. The van der Waals surface area contributed by atoms with Crippen molar-refractivity contribution in [3.8, 4) is 0 Å². The van der Waals surface area contributed by atoms with Gasteiger partial charge in [-0.3, -0.25) is 10.5 Å². The molecule has 0 radical (unpaired) electrons. The molecule has 38 valence electrons. The Labute approximate surface area is 36.4 Å². The molecule has 2 N–H and O–H groups in total. The summed E-state index contributed by atoms with van der Waals surface area (Å²) in [7, 11) is 1.56. The van der Waals surface area contributed by atoms with Crippen LogP contribution in [-0.4, -0.2) is 17.6 Å². The minimum Gasteiger partial charge on any atom is -0.505 e. The van der Waals surface area contributed by atoms with Gasteiger partial charge >= 0.3 is 0 Å². The van der Waals surface area contributed by atoms with E-state index in [0.29, 0.717) is 0 Å². The average molecular weight is 92.1 g/mol. The maximum atomic E-state index is 6.00. The van der Waals surface area contributed by atoms with E-state index in [0.717, 1.165) is 0 Å². The van der Waals surface area contributed by atoms with E-state index in [1.165, 1.54) is 6.26 Å². The SMILES string of the molecule is C=COC.OO. The number of ether oxygens (including phenoxy) is 1. The van der Waals surface area contributed by atoms with Gasteiger partial charge in [-0.25, -0.2) is 0 Å². The summed E-state index contributed by atoms with van der Waals surface area (Å²) < 4.78 is 4.31. The molecule has 3 heteroatoms. The molecule has 0 bridgehead atoms. The van der Waals surface area contributed by atoms with Crippen LogP contribution in [0.4, 0.5) is 0 Å². The molecule has 3 nitrogen and oxygen atoms in total. The van der Waals surface area contributed by atoms with Crippen LogP contribution in [0.25, 0.3) is 0 Å². The number of rotatable bonds is 1. The summed E-state index contributed by atoms with van der Waals surface area (Å²) in [4.78, 5) is 0. The smallest absolute Gasteiger partial charge is 0.0766 e. The topological polar surface area (TPSA) is 49.7 Å². The fraction of sp³-hybridized carbons (Fsp3) is 0.333. The van der Waals surface area contributed by atoms with Crippen molar-refractivity contribution in [3.63, 3.8) is 0 Å². The van der Waals surface area contributed by atoms with Crippen LogP contribution in [0.3, 0.4) is 0 Å². The molecule has 6 heavy (non-hydrogen) atoms. The van der Waals surface area contributed by atoms with E-state index >= 15 is 0 Å². The number of hydrogen-bond donors (Lipinski definition) is 2. The highest BCUT2D eigenvalue weighted by Gasteiger charge is 1.36. The summed E-state index contributed by atoms with van der Waals surface area (Å²) in [5.74, 6) is 0. The molecule has 0 amide bonds. The standard InChI is InChI=1S/C3H6O.H2O2/c1-3-4-2;1-2/h3H,1H2,2H3;1-2H. The maximum absolute atomic E-state index is 6.00. The van der Waals surface area contributed by atoms with Crippen LogP contribution in [0.2, 0.25) is 0 Å². The Balaban J connectivity index is 0. The van der Waals surface area contributed by atoms with Crippen molar-refractivity contribution in [2.45, 2.75) is 0 Å². The molecule has 0 spiro atoms. The lowest BCUT2D eigenvalue weighted by atomic mass is 11.2. The summed E-state index contributed by atoms with van der Waals surface area (Å²) >= 11 is 0. The molecular weight excluding hydrogens is 84.0 g/mol. The molecule has 0 aliphatic carbocycles. The Morgan fingerprint density at radius 1 is 1.67 bits per heavy atom. The second-order valence-electron chi connectivity index (χ2n) is 0.402. The van der Waals surface area contributed by atoms with Crippen LogP contribution in [-0.2, 0) is 4.74 Å². The van der Waals surface area contributed by atoms with E-state index in [4.69, 9.17) is 10.5 Å². The first-order valence-corrected chi connectivity index (χ1v) is 1.25. The Morgan fingerprint density at radius 2 is 1.83 bits per heavy atom. The minimum absolute atomic E-state index is 1.38. The van der Waals surface area contributed by atoms with Gasteiger partial charge in [0.15, 0.2) is 0 Å². The third-order valence-corrected chi connectivity index (χ3v) is 0.167. The second-order valence-corrected chi connectivity index (χ2v) is 0.402. The van der Waals surface area contributed by atoms with Gasteiger partial charge in [0.25, 0.3) is 0 Å². The first-order valence-electron chi connectivity index (χ1n) is 1.25. The van der Waals surface area contributed by atoms with Crippen molar-refractivity contribution in [1.82, 2.24) is 0 Å². The second kappa shape index (κ2) is 25.0. The predicted octanol–water partition coefficient (Wildman–Crippen LogP) is 0.794. The van der Waals surface area contributed by atoms with E-state index < -0.39 is 0 Å². The molecule has 0 heterocycles. The van der Waals surface area contributed by atoms with Gasteiger partial charge in [-0.2, -0.15) is 0 Å². The minimum atomic E-state index is 1.38. The largest absolute Gasteiger partial charge is 0.505 e. The Kier molecular flexibility index (Phi) is 37.9. The van der Waals surface area contributed by atoms with Crippen molar-refractivity contribution in [2.24, 2.45) is 0 Å². The zero-order valence-electron chi connectivity index (χ0n) is 3.59. The van der Waals surface area contributed by atoms with Crippen LogP contribution in [0.5, 0.6) is 0 Å². The zero-order chi connectivity index (χ0) is 5.41.